The Balaban J connectivity index is 1.59. The molecule has 0 aliphatic carbocycles. The summed E-state index contributed by atoms with van der Waals surface area (Å²) in [5.74, 6) is 2.73. The SMILES string of the molecule is Cc1nc(NCCNC(=O)c2ccccc2Cl)cc(-n2ccnc2C)n1. The molecule has 2 heterocycles. The van der Waals surface area contributed by atoms with Gasteiger partial charge in [-0.3, -0.25) is 9.36 Å². The first-order chi connectivity index (χ1) is 12.5. The lowest BCUT2D eigenvalue weighted by Gasteiger charge is -2.11. The fraction of sp³-hybridized carbons (Fsp3) is 0.222. The Bertz CT molecular complexity index is 924. The fourth-order valence-electron chi connectivity index (χ4n) is 2.49. The van der Waals surface area contributed by atoms with Crippen LogP contribution in [0.5, 0.6) is 0 Å². The van der Waals surface area contributed by atoms with Gasteiger partial charge in [-0.1, -0.05) is 23.7 Å². The van der Waals surface area contributed by atoms with Gasteiger partial charge in [0.15, 0.2) is 0 Å². The summed E-state index contributed by atoms with van der Waals surface area (Å²) in [5, 5.41) is 6.46. The summed E-state index contributed by atoms with van der Waals surface area (Å²) >= 11 is 6.02. The largest absolute Gasteiger partial charge is 0.368 e. The molecule has 2 N–H and O–H groups in total. The van der Waals surface area contributed by atoms with Crippen molar-refractivity contribution in [3.8, 4) is 5.82 Å². The van der Waals surface area contributed by atoms with E-state index >= 15 is 0 Å². The lowest BCUT2D eigenvalue weighted by molar-refractivity contribution is 0.0955. The van der Waals surface area contributed by atoms with Crippen LogP contribution in [-0.4, -0.2) is 38.5 Å². The molecule has 3 aromatic rings. The molecule has 0 radical (unpaired) electrons. The minimum Gasteiger partial charge on any atom is -0.368 e. The Morgan fingerprint density at radius 2 is 2.00 bits per heavy atom. The predicted molar refractivity (Wildman–Crippen MR) is 101 cm³/mol. The van der Waals surface area contributed by atoms with E-state index in [0.29, 0.717) is 35.3 Å². The Labute approximate surface area is 156 Å². The van der Waals surface area contributed by atoms with Crippen molar-refractivity contribution in [3.63, 3.8) is 0 Å². The number of aryl methyl sites for hydroxylation is 2. The third kappa shape index (κ3) is 4.18. The van der Waals surface area contributed by atoms with Crippen LogP contribution in [0.3, 0.4) is 0 Å². The first-order valence-electron chi connectivity index (χ1n) is 8.17. The van der Waals surface area contributed by atoms with E-state index in [-0.39, 0.29) is 5.91 Å². The maximum atomic E-state index is 12.1. The van der Waals surface area contributed by atoms with Crippen molar-refractivity contribution < 1.29 is 4.79 Å². The lowest BCUT2D eigenvalue weighted by atomic mass is 10.2. The minimum absolute atomic E-state index is 0.203. The molecule has 0 saturated heterocycles. The summed E-state index contributed by atoms with van der Waals surface area (Å²) in [6.45, 7) is 4.70. The smallest absolute Gasteiger partial charge is 0.252 e. The standard InChI is InChI=1S/C18H19ClN6O/c1-12-23-16(11-17(24-12)25-10-9-20-13(25)2)21-7-8-22-18(26)14-5-3-4-6-15(14)19/h3-6,9-11H,7-8H2,1-2H3,(H,22,26)(H,21,23,24). The molecule has 26 heavy (non-hydrogen) atoms. The average molecular weight is 371 g/mol. The van der Waals surface area contributed by atoms with E-state index < -0.39 is 0 Å². The van der Waals surface area contributed by atoms with Crippen molar-refractivity contribution in [3.05, 3.63) is 65.0 Å². The van der Waals surface area contributed by atoms with Crippen LogP contribution >= 0.6 is 11.6 Å². The van der Waals surface area contributed by atoms with Crippen LogP contribution in [0.1, 0.15) is 22.0 Å². The van der Waals surface area contributed by atoms with E-state index in [1.54, 1.807) is 30.5 Å². The van der Waals surface area contributed by atoms with Crippen molar-refractivity contribution in [2.75, 3.05) is 18.4 Å². The molecule has 0 aliphatic heterocycles. The molecule has 0 fully saturated rings. The van der Waals surface area contributed by atoms with E-state index in [1.165, 1.54) is 0 Å². The summed E-state index contributed by atoms with van der Waals surface area (Å²) < 4.78 is 1.89. The van der Waals surface area contributed by atoms with Gasteiger partial charge in [0.05, 0.1) is 10.6 Å². The van der Waals surface area contributed by atoms with Gasteiger partial charge in [0, 0.05) is 31.5 Å². The summed E-state index contributed by atoms with van der Waals surface area (Å²) in [6, 6.07) is 8.80. The normalized spacial score (nSPS) is 10.6. The second kappa shape index (κ2) is 7.97. The number of nitrogens with zero attached hydrogens (tertiary/aromatic N) is 4. The number of aromatic nitrogens is 4. The molecule has 0 aliphatic rings. The van der Waals surface area contributed by atoms with Crippen LogP contribution in [0.4, 0.5) is 5.82 Å². The molecule has 0 spiro atoms. The van der Waals surface area contributed by atoms with Crippen molar-refractivity contribution in [2.24, 2.45) is 0 Å². The van der Waals surface area contributed by atoms with Crippen LogP contribution in [0, 0.1) is 13.8 Å². The van der Waals surface area contributed by atoms with Gasteiger partial charge in [-0.05, 0) is 26.0 Å². The number of carbonyl (C=O) groups excluding carboxylic acids is 1. The molecule has 134 valence electrons. The zero-order valence-electron chi connectivity index (χ0n) is 14.5. The zero-order chi connectivity index (χ0) is 18.5. The summed E-state index contributed by atoms with van der Waals surface area (Å²) in [5.41, 5.74) is 0.463. The zero-order valence-corrected chi connectivity index (χ0v) is 15.3. The number of nitrogens with one attached hydrogen (secondary N) is 2. The summed E-state index contributed by atoms with van der Waals surface area (Å²) in [4.78, 5) is 25.1. The quantitative estimate of drug-likeness (QED) is 0.652. The molecule has 1 aromatic carbocycles. The third-order valence-electron chi connectivity index (χ3n) is 3.73. The number of halogens is 1. The third-order valence-corrected chi connectivity index (χ3v) is 4.06. The maximum Gasteiger partial charge on any atom is 0.252 e. The van der Waals surface area contributed by atoms with Crippen molar-refractivity contribution in [2.45, 2.75) is 13.8 Å². The van der Waals surface area contributed by atoms with Crippen LogP contribution in [0.15, 0.2) is 42.7 Å². The molecule has 1 amide bonds. The second-order valence-corrected chi connectivity index (χ2v) is 6.07. The number of hydrogen-bond acceptors (Lipinski definition) is 5. The number of imidazole rings is 1. The number of amides is 1. The Hall–Kier alpha value is -2.93. The van der Waals surface area contributed by atoms with Gasteiger partial charge in [0.2, 0.25) is 0 Å². The molecular formula is C18H19ClN6O. The van der Waals surface area contributed by atoms with Gasteiger partial charge in [-0.2, -0.15) is 0 Å². The minimum atomic E-state index is -0.203. The molecular weight excluding hydrogens is 352 g/mol. The van der Waals surface area contributed by atoms with E-state index in [2.05, 4.69) is 25.6 Å². The Kier molecular flexibility index (Phi) is 5.48. The van der Waals surface area contributed by atoms with Gasteiger partial charge >= 0.3 is 0 Å². The molecule has 2 aromatic heterocycles. The number of hydrogen-bond donors (Lipinski definition) is 2. The topological polar surface area (TPSA) is 84.7 Å². The number of anilines is 1. The lowest BCUT2D eigenvalue weighted by Crippen LogP contribution is -2.29. The highest BCUT2D eigenvalue weighted by Crippen LogP contribution is 2.14. The van der Waals surface area contributed by atoms with E-state index in [0.717, 1.165) is 11.6 Å². The second-order valence-electron chi connectivity index (χ2n) is 5.67. The fourth-order valence-corrected chi connectivity index (χ4v) is 2.71. The summed E-state index contributed by atoms with van der Waals surface area (Å²) in [6.07, 6.45) is 3.58. The van der Waals surface area contributed by atoms with E-state index in [1.807, 2.05) is 30.7 Å². The van der Waals surface area contributed by atoms with Gasteiger partial charge in [0.25, 0.3) is 5.91 Å². The van der Waals surface area contributed by atoms with Crippen LogP contribution in [0.2, 0.25) is 5.02 Å². The monoisotopic (exact) mass is 370 g/mol. The summed E-state index contributed by atoms with van der Waals surface area (Å²) in [7, 11) is 0. The van der Waals surface area contributed by atoms with Crippen LogP contribution in [-0.2, 0) is 0 Å². The van der Waals surface area contributed by atoms with Crippen LogP contribution < -0.4 is 10.6 Å². The number of rotatable bonds is 6. The first-order valence-corrected chi connectivity index (χ1v) is 8.55. The van der Waals surface area contributed by atoms with Crippen molar-refractivity contribution in [1.29, 1.82) is 0 Å². The van der Waals surface area contributed by atoms with Crippen molar-refractivity contribution >= 4 is 23.3 Å². The molecule has 0 atom stereocenters. The predicted octanol–water partition coefficient (Wildman–Crippen LogP) is 2.77. The average Bonchev–Trinajstić information content (AvgIpc) is 3.04. The molecule has 0 unspecified atom stereocenters. The first kappa shape index (κ1) is 17.9. The van der Waals surface area contributed by atoms with Crippen LogP contribution in [0.25, 0.3) is 5.82 Å². The number of benzene rings is 1. The highest BCUT2D eigenvalue weighted by molar-refractivity contribution is 6.33. The Morgan fingerprint density at radius 3 is 2.73 bits per heavy atom. The maximum absolute atomic E-state index is 12.1. The van der Waals surface area contributed by atoms with E-state index in [4.69, 9.17) is 11.6 Å². The van der Waals surface area contributed by atoms with Gasteiger partial charge in [-0.15, -0.1) is 0 Å². The van der Waals surface area contributed by atoms with Gasteiger partial charge < -0.3 is 10.6 Å². The van der Waals surface area contributed by atoms with Gasteiger partial charge in [0.1, 0.15) is 23.3 Å². The van der Waals surface area contributed by atoms with Gasteiger partial charge in [-0.25, -0.2) is 15.0 Å². The highest BCUT2D eigenvalue weighted by atomic mass is 35.5. The molecule has 0 bridgehead atoms. The Morgan fingerprint density at radius 1 is 1.19 bits per heavy atom. The molecule has 7 nitrogen and oxygen atoms in total. The number of carbonyl (C=O) groups is 1. The molecule has 8 heteroatoms. The molecule has 0 saturated carbocycles. The van der Waals surface area contributed by atoms with E-state index in [9.17, 15) is 4.79 Å². The van der Waals surface area contributed by atoms with Crippen molar-refractivity contribution in [1.82, 2.24) is 24.8 Å². The highest BCUT2D eigenvalue weighted by Gasteiger charge is 2.09. The molecule has 3 rings (SSSR count).